The zero-order chi connectivity index (χ0) is 17.4. The smallest absolute Gasteiger partial charge is 0.267 e. The van der Waals surface area contributed by atoms with E-state index in [1.54, 1.807) is 6.33 Å². The molecule has 2 aromatic heterocycles. The lowest BCUT2D eigenvalue weighted by Gasteiger charge is -2.08. The van der Waals surface area contributed by atoms with Crippen molar-refractivity contribution in [2.45, 2.75) is 6.54 Å². The van der Waals surface area contributed by atoms with Gasteiger partial charge in [-0.05, 0) is 35.9 Å². The lowest BCUT2D eigenvalue weighted by Crippen LogP contribution is -2.22. The number of imidazole rings is 1. The molecule has 4 aromatic rings. The molecule has 2 aromatic carbocycles. The summed E-state index contributed by atoms with van der Waals surface area (Å²) >= 11 is 0. The Hall–Kier alpha value is -3.35. The summed E-state index contributed by atoms with van der Waals surface area (Å²) in [7, 11) is 0. The van der Waals surface area contributed by atoms with Crippen LogP contribution in [0.15, 0.2) is 59.7 Å². The highest BCUT2D eigenvalue weighted by molar-refractivity contribution is 5.75. The third kappa shape index (κ3) is 3.03. The van der Waals surface area contributed by atoms with Gasteiger partial charge in [0.15, 0.2) is 0 Å². The number of halogens is 2. The van der Waals surface area contributed by atoms with E-state index in [0.717, 1.165) is 22.7 Å². The van der Waals surface area contributed by atoms with E-state index in [1.807, 2.05) is 18.2 Å². The van der Waals surface area contributed by atoms with Gasteiger partial charge in [0.1, 0.15) is 11.6 Å². The van der Waals surface area contributed by atoms with Crippen LogP contribution in [0.1, 0.15) is 5.56 Å². The van der Waals surface area contributed by atoms with Crippen molar-refractivity contribution < 1.29 is 8.78 Å². The third-order valence-corrected chi connectivity index (χ3v) is 3.84. The van der Waals surface area contributed by atoms with Crippen LogP contribution in [0.5, 0.6) is 0 Å². The number of hydrogen-bond donors (Lipinski definition) is 1. The normalized spacial score (nSPS) is 11.1. The summed E-state index contributed by atoms with van der Waals surface area (Å²) < 4.78 is 28.1. The number of fused-ring (bicyclic) bond motifs is 1. The molecule has 0 fully saturated rings. The molecule has 25 heavy (non-hydrogen) atoms. The molecule has 1 N–H and O–H groups in total. The number of aromatic amines is 1. The number of nitrogens with zero attached hydrogens (tertiary/aromatic N) is 3. The van der Waals surface area contributed by atoms with Gasteiger partial charge in [-0.15, -0.1) is 0 Å². The summed E-state index contributed by atoms with van der Waals surface area (Å²) in [5.74, 6) is -1.39. The number of benzene rings is 2. The Balaban J connectivity index is 1.73. The van der Waals surface area contributed by atoms with Crippen molar-refractivity contribution in [1.29, 1.82) is 0 Å². The molecular weight excluding hydrogens is 326 g/mol. The zero-order valence-electron chi connectivity index (χ0n) is 12.9. The lowest BCUT2D eigenvalue weighted by molar-refractivity contribution is 0.583. The molecule has 0 aliphatic heterocycles. The fourth-order valence-electron chi connectivity index (χ4n) is 2.67. The van der Waals surface area contributed by atoms with Crippen LogP contribution in [0.2, 0.25) is 0 Å². The van der Waals surface area contributed by atoms with E-state index in [1.165, 1.54) is 28.9 Å². The van der Waals surface area contributed by atoms with Gasteiger partial charge >= 0.3 is 0 Å². The summed E-state index contributed by atoms with van der Waals surface area (Å²) in [5, 5.41) is 4.23. The molecule has 7 heteroatoms. The minimum absolute atomic E-state index is 0.236. The molecule has 0 atom stereocenters. The molecule has 0 aliphatic rings. The van der Waals surface area contributed by atoms with Gasteiger partial charge in [0.05, 0.1) is 29.6 Å². The Morgan fingerprint density at radius 1 is 1.00 bits per heavy atom. The largest absolute Gasteiger partial charge is 0.345 e. The molecule has 0 saturated heterocycles. The Morgan fingerprint density at radius 2 is 1.80 bits per heavy atom. The first-order valence-corrected chi connectivity index (χ1v) is 7.55. The summed E-state index contributed by atoms with van der Waals surface area (Å²) in [5.41, 5.74) is 2.83. The fraction of sp³-hybridized carbons (Fsp3) is 0.0556. The number of H-pyrrole nitrogens is 1. The van der Waals surface area contributed by atoms with Crippen molar-refractivity contribution in [3.8, 4) is 11.3 Å². The van der Waals surface area contributed by atoms with E-state index in [0.29, 0.717) is 5.69 Å². The third-order valence-electron chi connectivity index (χ3n) is 3.84. The van der Waals surface area contributed by atoms with Crippen molar-refractivity contribution in [3.05, 3.63) is 82.4 Å². The average Bonchev–Trinajstić information content (AvgIpc) is 3.03. The van der Waals surface area contributed by atoms with Gasteiger partial charge in [-0.25, -0.2) is 18.4 Å². The zero-order valence-corrected chi connectivity index (χ0v) is 12.9. The van der Waals surface area contributed by atoms with E-state index in [2.05, 4.69) is 15.1 Å². The second kappa shape index (κ2) is 5.94. The van der Waals surface area contributed by atoms with Gasteiger partial charge in [0.2, 0.25) is 0 Å². The number of rotatable bonds is 3. The van der Waals surface area contributed by atoms with E-state index in [4.69, 9.17) is 0 Å². The van der Waals surface area contributed by atoms with Crippen LogP contribution < -0.4 is 5.56 Å². The van der Waals surface area contributed by atoms with Crippen LogP contribution in [0.3, 0.4) is 0 Å². The van der Waals surface area contributed by atoms with E-state index < -0.39 is 11.6 Å². The van der Waals surface area contributed by atoms with Gasteiger partial charge in [-0.3, -0.25) is 4.79 Å². The summed E-state index contributed by atoms with van der Waals surface area (Å²) in [6, 6.07) is 11.5. The van der Waals surface area contributed by atoms with E-state index >= 15 is 0 Å². The second-order valence-electron chi connectivity index (χ2n) is 5.63. The summed E-state index contributed by atoms with van der Waals surface area (Å²) in [6.07, 6.45) is 1.60. The first kappa shape index (κ1) is 15.2. The fourth-order valence-corrected chi connectivity index (χ4v) is 2.67. The highest BCUT2D eigenvalue weighted by Crippen LogP contribution is 2.19. The maximum absolute atomic E-state index is 13.4. The predicted octanol–water partition coefficient (Wildman–Crippen LogP) is 3.11. The Labute approximate surface area is 140 Å². The molecule has 0 radical (unpaired) electrons. The molecule has 4 rings (SSSR count). The standard InChI is InChI=1S/C18H12F2N4O/c19-13-6-12(7-14(20)8-13)15-3-4-18(25)24(23-15)9-11-1-2-16-17(5-11)22-10-21-16/h1-8,10H,9H2,(H,21,22). The summed E-state index contributed by atoms with van der Waals surface area (Å²) in [6.45, 7) is 0.236. The molecule has 5 nitrogen and oxygen atoms in total. The maximum atomic E-state index is 13.4. The Morgan fingerprint density at radius 3 is 2.60 bits per heavy atom. The van der Waals surface area contributed by atoms with Crippen molar-refractivity contribution in [3.63, 3.8) is 0 Å². The predicted molar refractivity (Wildman–Crippen MR) is 89.0 cm³/mol. The van der Waals surface area contributed by atoms with Gasteiger partial charge in [0.25, 0.3) is 5.56 Å². The number of nitrogens with one attached hydrogen (secondary N) is 1. The number of aromatic nitrogens is 4. The SMILES string of the molecule is O=c1ccc(-c2cc(F)cc(F)c2)nn1Cc1ccc2nc[nH]c2c1. The Bertz CT molecular complexity index is 1110. The van der Waals surface area contributed by atoms with Crippen LogP contribution >= 0.6 is 0 Å². The molecule has 124 valence electrons. The van der Waals surface area contributed by atoms with Crippen LogP contribution in [-0.4, -0.2) is 19.7 Å². The van der Waals surface area contributed by atoms with Crippen LogP contribution in [-0.2, 0) is 6.54 Å². The second-order valence-corrected chi connectivity index (χ2v) is 5.63. The van der Waals surface area contributed by atoms with Crippen molar-refractivity contribution in [2.75, 3.05) is 0 Å². The minimum Gasteiger partial charge on any atom is -0.345 e. The van der Waals surface area contributed by atoms with Crippen molar-refractivity contribution >= 4 is 11.0 Å². The lowest BCUT2D eigenvalue weighted by atomic mass is 10.1. The van der Waals surface area contributed by atoms with Crippen LogP contribution in [0, 0.1) is 11.6 Å². The highest BCUT2D eigenvalue weighted by Gasteiger charge is 2.08. The quantitative estimate of drug-likeness (QED) is 0.624. The molecule has 0 bridgehead atoms. The van der Waals surface area contributed by atoms with Gasteiger partial charge in [-0.1, -0.05) is 6.07 Å². The first-order valence-electron chi connectivity index (χ1n) is 7.55. The first-order chi connectivity index (χ1) is 12.1. The van der Waals surface area contributed by atoms with Crippen LogP contribution in [0.4, 0.5) is 8.78 Å². The molecule has 0 unspecified atom stereocenters. The van der Waals surface area contributed by atoms with Crippen molar-refractivity contribution in [1.82, 2.24) is 19.7 Å². The minimum atomic E-state index is -0.695. The molecular formula is C18H12F2N4O. The van der Waals surface area contributed by atoms with E-state index in [9.17, 15) is 13.6 Å². The molecule has 0 spiro atoms. The van der Waals surface area contributed by atoms with Crippen molar-refractivity contribution in [2.24, 2.45) is 0 Å². The molecule has 2 heterocycles. The van der Waals surface area contributed by atoms with Crippen LogP contribution in [0.25, 0.3) is 22.3 Å². The molecule has 0 aliphatic carbocycles. The molecule has 0 amide bonds. The monoisotopic (exact) mass is 338 g/mol. The molecule has 0 saturated carbocycles. The van der Waals surface area contributed by atoms with Gasteiger partial charge in [0, 0.05) is 17.7 Å². The average molecular weight is 338 g/mol. The highest BCUT2D eigenvalue weighted by atomic mass is 19.1. The number of hydrogen-bond acceptors (Lipinski definition) is 3. The summed E-state index contributed by atoms with van der Waals surface area (Å²) in [4.78, 5) is 19.2. The topological polar surface area (TPSA) is 63.6 Å². The van der Waals surface area contributed by atoms with Gasteiger partial charge in [-0.2, -0.15) is 5.10 Å². The maximum Gasteiger partial charge on any atom is 0.267 e. The van der Waals surface area contributed by atoms with Gasteiger partial charge < -0.3 is 4.98 Å². The van der Waals surface area contributed by atoms with E-state index in [-0.39, 0.29) is 17.7 Å². The Kier molecular flexibility index (Phi) is 3.61.